The molecule has 1 saturated heterocycles. The number of hydrogen-bond donors (Lipinski definition) is 1. The highest BCUT2D eigenvalue weighted by molar-refractivity contribution is 6.31. The fourth-order valence-corrected chi connectivity index (χ4v) is 2.20. The topological polar surface area (TPSA) is 29.5 Å². The molecule has 1 fully saturated rings. The van der Waals surface area contributed by atoms with Crippen molar-refractivity contribution in [3.63, 3.8) is 0 Å². The number of aliphatic hydroxyl groups is 1. The summed E-state index contributed by atoms with van der Waals surface area (Å²) in [5.41, 5.74) is -0.307. The Labute approximate surface area is 99.0 Å². The van der Waals surface area contributed by atoms with Gasteiger partial charge in [0, 0.05) is 24.5 Å². The second-order valence-electron chi connectivity index (χ2n) is 4.28. The Morgan fingerprint density at radius 1 is 1.62 bits per heavy atom. The fourth-order valence-electron chi connectivity index (χ4n) is 2.01. The van der Waals surface area contributed by atoms with Gasteiger partial charge in [-0.2, -0.15) is 0 Å². The molecular weight excluding hydrogens is 231 g/mol. The van der Waals surface area contributed by atoms with Gasteiger partial charge in [0.2, 0.25) is 0 Å². The van der Waals surface area contributed by atoms with Gasteiger partial charge in [-0.15, -0.1) is 0 Å². The van der Waals surface area contributed by atoms with Crippen LogP contribution in [0.5, 0.6) is 0 Å². The van der Waals surface area contributed by atoms with Gasteiger partial charge >= 0.3 is 0 Å². The Morgan fingerprint density at radius 3 is 3.00 bits per heavy atom. The van der Waals surface area contributed by atoms with Crippen LogP contribution in [0.15, 0.2) is 18.2 Å². The van der Waals surface area contributed by atoms with Gasteiger partial charge in [-0.25, -0.2) is 4.39 Å². The van der Waals surface area contributed by atoms with E-state index in [-0.39, 0.29) is 11.9 Å². The van der Waals surface area contributed by atoms with Gasteiger partial charge in [0.05, 0.1) is 11.7 Å². The largest absolute Gasteiger partial charge is 0.387 e. The van der Waals surface area contributed by atoms with Crippen LogP contribution >= 0.6 is 11.6 Å². The Kier molecular flexibility index (Phi) is 3.19. The van der Waals surface area contributed by atoms with Crippen LogP contribution in [0.25, 0.3) is 0 Å². The van der Waals surface area contributed by atoms with Crippen molar-refractivity contribution >= 4 is 11.6 Å². The molecule has 0 aliphatic carbocycles. The number of halogens is 2. The van der Waals surface area contributed by atoms with Crippen molar-refractivity contribution in [1.82, 2.24) is 0 Å². The van der Waals surface area contributed by atoms with Crippen molar-refractivity contribution in [3.05, 3.63) is 34.6 Å². The molecule has 1 aliphatic heterocycles. The molecular formula is C12H14ClFO2. The van der Waals surface area contributed by atoms with Crippen LogP contribution < -0.4 is 0 Å². The molecule has 0 saturated carbocycles. The molecule has 2 rings (SSSR count). The lowest BCUT2D eigenvalue weighted by molar-refractivity contribution is -0.0269. The van der Waals surface area contributed by atoms with Crippen molar-refractivity contribution in [2.45, 2.75) is 31.5 Å². The van der Waals surface area contributed by atoms with E-state index in [0.29, 0.717) is 30.0 Å². The normalized spacial score (nSPS) is 29.6. The summed E-state index contributed by atoms with van der Waals surface area (Å²) in [5, 5.41) is 10.8. The molecule has 2 atom stereocenters. The molecule has 4 heteroatoms. The van der Waals surface area contributed by atoms with Crippen LogP contribution in [-0.4, -0.2) is 23.4 Å². The molecule has 0 radical (unpaired) electrons. The molecule has 1 aliphatic rings. The molecule has 1 heterocycles. The van der Waals surface area contributed by atoms with Gasteiger partial charge < -0.3 is 9.84 Å². The van der Waals surface area contributed by atoms with E-state index in [1.54, 1.807) is 0 Å². The molecule has 0 aromatic heterocycles. The summed E-state index contributed by atoms with van der Waals surface area (Å²) in [5.74, 6) is -0.338. The quantitative estimate of drug-likeness (QED) is 0.867. The van der Waals surface area contributed by atoms with Crippen molar-refractivity contribution in [2.24, 2.45) is 0 Å². The summed E-state index contributed by atoms with van der Waals surface area (Å²) >= 11 is 5.97. The molecule has 2 unspecified atom stereocenters. The number of rotatable bonds is 2. The van der Waals surface area contributed by atoms with Crippen LogP contribution in [0.4, 0.5) is 4.39 Å². The molecule has 16 heavy (non-hydrogen) atoms. The summed E-state index contributed by atoms with van der Waals surface area (Å²) in [6.45, 7) is 2.35. The lowest BCUT2D eigenvalue weighted by Crippen LogP contribution is -2.38. The van der Waals surface area contributed by atoms with Crippen molar-refractivity contribution in [2.75, 3.05) is 6.61 Å². The maximum atomic E-state index is 13.1. The molecule has 1 aromatic carbocycles. The predicted molar refractivity (Wildman–Crippen MR) is 60.1 cm³/mol. The second kappa shape index (κ2) is 4.32. The Hall–Kier alpha value is -0.640. The SMILES string of the molecule is CC1OCCC1(O)Cc1cc(F)ccc1Cl. The van der Waals surface area contributed by atoms with Crippen LogP contribution in [0.1, 0.15) is 18.9 Å². The zero-order valence-corrected chi connectivity index (χ0v) is 9.80. The van der Waals surface area contributed by atoms with E-state index in [0.717, 1.165) is 0 Å². The highest BCUT2D eigenvalue weighted by atomic mass is 35.5. The Balaban J connectivity index is 2.23. The summed E-state index contributed by atoms with van der Waals surface area (Å²) in [7, 11) is 0. The molecule has 1 N–H and O–H groups in total. The lowest BCUT2D eigenvalue weighted by atomic mass is 9.89. The standard InChI is InChI=1S/C12H14ClFO2/c1-8-12(15,4-5-16-8)7-9-6-10(14)2-3-11(9)13/h2-3,6,8,15H,4-5,7H2,1H3. The van der Waals surface area contributed by atoms with E-state index in [9.17, 15) is 9.50 Å². The van der Waals surface area contributed by atoms with Gasteiger partial charge in [-0.1, -0.05) is 11.6 Å². The van der Waals surface area contributed by atoms with E-state index >= 15 is 0 Å². The Morgan fingerprint density at radius 2 is 2.38 bits per heavy atom. The average molecular weight is 245 g/mol. The Bertz CT molecular complexity index is 397. The van der Waals surface area contributed by atoms with Crippen LogP contribution in [0, 0.1) is 5.82 Å². The summed E-state index contributed by atoms with van der Waals surface area (Å²) in [6, 6.07) is 4.19. The first-order valence-electron chi connectivity index (χ1n) is 5.29. The van der Waals surface area contributed by atoms with E-state index < -0.39 is 5.60 Å². The average Bonchev–Trinajstić information content (AvgIpc) is 2.53. The molecule has 2 nitrogen and oxygen atoms in total. The first-order chi connectivity index (χ1) is 7.51. The van der Waals surface area contributed by atoms with Crippen LogP contribution in [-0.2, 0) is 11.2 Å². The first kappa shape index (κ1) is 11.8. The monoisotopic (exact) mass is 244 g/mol. The zero-order valence-electron chi connectivity index (χ0n) is 9.04. The molecule has 88 valence electrons. The smallest absolute Gasteiger partial charge is 0.123 e. The van der Waals surface area contributed by atoms with Gasteiger partial charge in [-0.3, -0.25) is 0 Å². The maximum absolute atomic E-state index is 13.1. The lowest BCUT2D eigenvalue weighted by Gasteiger charge is -2.26. The first-order valence-corrected chi connectivity index (χ1v) is 5.67. The minimum atomic E-state index is -0.933. The summed E-state index contributed by atoms with van der Waals surface area (Å²) in [6.07, 6.45) is 0.637. The van der Waals surface area contributed by atoms with Crippen molar-refractivity contribution in [3.8, 4) is 0 Å². The third kappa shape index (κ3) is 2.21. The van der Waals surface area contributed by atoms with Gasteiger partial charge in [0.1, 0.15) is 5.82 Å². The highest BCUT2D eigenvalue weighted by Gasteiger charge is 2.39. The van der Waals surface area contributed by atoms with Crippen LogP contribution in [0.3, 0.4) is 0 Å². The fraction of sp³-hybridized carbons (Fsp3) is 0.500. The second-order valence-corrected chi connectivity index (χ2v) is 4.69. The van der Waals surface area contributed by atoms with Gasteiger partial charge in [-0.05, 0) is 30.7 Å². The highest BCUT2D eigenvalue weighted by Crippen LogP contribution is 2.31. The van der Waals surface area contributed by atoms with Crippen LogP contribution in [0.2, 0.25) is 5.02 Å². The van der Waals surface area contributed by atoms with Gasteiger partial charge in [0.15, 0.2) is 0 Å². The van der Waals surface area contributed by atoms with Gasteiger partial charge in [0.25, 0.3) is 0 Å². The molecule has 0 amide bonds. The number of ether oxygens (including phenoxy) is 1. The minimum Gasteiger partial charge on any atom is -0.387 e. The minimum absolute atomic E-state index is 0.244. The number of hydrogen-bond acceptors (Lipinski definition) is 2. The number of benzene rings is 1. The predicted octanol–water partition coefficient (Wildman–Crippen LogP) is 2.56. The van der Waals surface area contributed by atoms with E-state index in [4.69, 9.17) is 16.3 Å². The third-order valence-corrected chi connectivity index (χ3v) is 3.53. The molecule has 0 spiro atoms. The van der Waals surface area contributed by atoms with Crippen molar-refractivity contribution < 1.29 is 14.2 Å². The molecule has 1 aromatic rings. The van der Waals surface area contributed by atoms with Crippen molar-refractivity contribution in [1.29, 1.82) is 0 Å². The van der Waals surface area contributed by atoms with E-state index in [1.807, 2.05) is 6.92 Å². The van der Waals surface area contributed by atoms with E-state index in [1.165, 1.54) is 18.2 Å². The zero-order chi connectivity index (χ0) is 11.8. The van der Waals surface area contributed by atoms with E-state index in [2.05, 4.69) is 0 Å². The maximum Gasteiger partial charge on any atom is 0.123 e. The third-order valence-electron chi connectivity index (χ3n) is 3.16. The molecule has 0 bridgehead atoms. The summed E-state index contributed by atoms with van der Waals surface area (Å²) < 4.78 is 18.4. The summed E-state index contributed by atoms with van der Waals surface area (Å²) in [4.78, 5) is 0.